The summed E-state index contributed by atoms with van der Waals surface area (Å²) in [5, 5.41) is 9.18. The SMILES string of the molecule is CCc1ccccc1C1C(C(=O)O)C1(C)C. The quantitative estimate of drug-likeness (QED) is 0.846. The van der Waals surface area contributed by atoms with E-state index in [-0.39, 0.29) is 17.3 Å². The number of carboxylic acid groups (broad SMARTS) is 1. The van der Waals surface area contributed by atoms with Gasteiger partial charge >= 0.3 is 5.97 Å². The lowest BCUT2D eigenvalue weighted by atomic mass is 9.97. The monoisotopic (exact) mass is 218 g/mol. The van der Waals surface area contributed by atoms with E-state index in [1.165, 1.54) is 11.1 Å². The fourth-order valence-corrected chi connectivity index (χ4v) is 2.84. The van der Waals surface area contributed by atoms with Gasteiger partial charge in [0.05, 0.1) is 5.92 Å². The van der Waals surface area contributed by atoms with Crippen LogP contribution in [0.15, 0.2) is 24.3 Å². The van der Waals surface area contributed by atoms with Crippen molar-refractivity contribution in [1.82, 2.24) is 0 Å². The van der Waals surface area contributed by atoms with E-state index < -0.39 is 5.97 Å². The number of carbonyl (C=O) groups is 1. The van der Waals surface area contributed by atoms with Crippen molar-refractivity contribution in [2.24, 2.45) is 11.3 Å². The van der Waals surface area contributed by atoms with Crippen molar-refractivity contribution in [1.29, 1.82) is 0 Å². The van der Waals surface area contributed by atoms with Crippen LogP contribution in [0.3, 0.4) is 0 Å². The van der Waals surface area contributed by atoms with Gasteiger partial charge in [0, 0.05) is 5.92 Å². The predicted molar refractivity (Wildman–Crippen MR) is 63.5 cm³/mol. The fraction of sp³-hybridized carbons (Fsp3) is 0.500. The van der Waals surface area contributed by atoms with Gasteiger partial charge in [0.25, 0.3) is 0 Å². The smallest absolute Gasteiger partial charge is 0.307 e. The molecule has 0 spiro atoms. The third kappa shape index (κ3) is 1.53. The number of aliphatic carboxylic acids is 1. The lowest BCUT2D eigenvalue weighted by Crippen LogP contribution is -2.03. The second-order valence-corrected chi connectivity index (χ2v) is 5.17. The van der Waals surface area contributed by atoms with Gasteiger partial charge in [-0.15, -0.1) is 0 Å². The molecule has 16 heavy (non-hydrogen) atoms. The van der Waals surface area contributed by atoms with Crippen molar-refractivity contribution in [2.45, 2.75) is 33.1 Å². The van der Waals surface area contributed by atoms with E-state index in [9.17, 15) is 9.90 Å². The largest absolute Gasteiger partial charge is 0.481 e. The molecule has 2 heteroatoms. The molecule has 0 aromatic heterocycles. The molecule has 0 bridgehead atoms. The van der Waals surface area contributed by atoms with Gasteiger partial charge in [-0.3, -0.25) is 4.79 Å². The van der Waals surface area contributed by atoms with E-state index in [2.05, 4.69) is 19.1 Å². The molecule has 0 amide bonds. The first-order chi connectivity index (χ1) is 7.50. The summed E-state index contributed by atoms with van der Waals surface area (Å²) in [5.41, 5.74) is 2.41. The molecular formula is C14H18O2. The summed E-state index contributed by atoms with van der Waals surface area (Å²) in [7, 11) is 0. The highest BCUT2D eigenvalue weighted by Gasteiger charge is 2.62. The number of aryl methyl sites for hydroxylation is 1. The molecule has 1 N–H and O–H groups in total. The van der Waals surface area contributed by atoms with E-state index >= 15 is 0 Å². The van der Waals surface area contributed by atoms with Crippen molar-refractivity contribution >= 4 is 5.97 Å². The van der Waals surface area contributed by atoms with Gasteiger partial charge < -0.3 is 5.11 Å². The fourth-order valence-electron chi connectivity index (χ4n) is 2.84. The average molecular weight is 218 g/mol. The summed E-state index contributed by atoms with van der Waals surface area (Å²) in [4.78, 5) is 11.2. The second kappa shape index (κ2) is 3.62. The maximum absolute atomic E-state index is 11.2. The molecule has 0 aliphatic heterocycles. The molecule has 2 unspecified atom stereocenters. The number of hydrogen-bond acceptors (Lipinski definition) is 1. The molecule has 1 aromatic carbocycles. The molecule has 1 saturated carbocycles. The molecule has 0 saturated heterocycles. The van der Waals surface area contributed by atoms with Crippen molar-refractivity contribution < 1.29 is 9.90 Å². The van der Waals surface area contributed by atoms with Crippen LogP contribution in [-0.2, 0) is 11.2 Å². The molecule has 1 aliphatic carbocycles. The van der Waals surface area contributed by atoms with Crippen LogP contribution >= 0.6 is 0 Å². The Morgan fingerprint density at radius 3 is 2.50 bits per heavy atom. The van der Waals surface area contributed by atoms with Crippen LogP contribution in [0, 0.1) is 11.3 Å². The molecule has 1 aromatic rings. The summed E-state index contributed by atoms with van der Waals surface area (Å²) in [6.07, 6.45) is 0.967. The zero-order valence-electron chi connectivity index (χ0n) is 10.0. The van der Waals surface area contributed by atoms with E-state index in [1.807, 2.05) is 26.0 Å². The Hall–Kier alpha value is -1.31. The van der Waals surface area contributed by atoms with E-state index in [4.69, 9.17) is 0 Å². The number of hydrogen-bond donors (Lipinski definition) is 1. The summed E-state index contributed by atoms with van der Waals surface area (Å²) in [6.45, 7) is 6.20. The lowest BCUT2D eigenvalue weighted by Gasteiger charge is -2.08. The summed E-state index contributed by atoms with van der Waals surface area (Å²) in [6, 6.07) is 8.20. The Kier molecular flexibility index (Phi) is 2.53. The molecule has 1 fully saturated rings. The maximum Gasteiger partial charge on any atom is 0.307 e. The van der Waals surface area contributed by atoms with Crippen molar-refractivity contribution in [3.05, 3.63) is 35.4 Å². The van der Waals surface area contributed by atoms with Crippen LogP contribution in [0.2, 0.25) is 0 Å². The minimum atomic E-state index is -0.666. The van der Waals surface area contributed by atoms with Gasteiger partial charge in [0.1, 0.15) is 0 Å². The summed E-state index contributed by atoms with van der Waals surface area (Å²) in [5.74, 6) is -0.706. The average Bonchev–Trinajstić information content (AvgIpc) is 2.81. The normalized spacial score (nSPS) is 26.4. The minimum Gasteiger partial charge on any atom is -0.481 e. The maximum atomic E-state index is 11.2. The number of carboxylic acids is 1. The van der Waals surface area contributed by atoms with Crippen molar-refractivity contribution in [3.8, 4) is 0 Å². The first-order valence-electron chi connectivity index (χ1n) is 5.80. The Morgan fingerprint density at radius 2 is 2.00 bits per heavy atom. The van der Waals surface area contributed by atoms with Gasteiger partial charge in [-0.25, -0.2) is 0 Å². The van der Waals surface area contributed by atoms with Crippen molar-refractivity contribution in [3.63, 3.8) is 0 Å². The van der Waals surface area contributed by atoms with Crippen molar-refractivity contribution in [2.75, 3.05) is 0 Å². The molecule has 0 heterocycles. The third-order valence-corrected chi connectivity index (χ3v) is 3.86. The van der Waals surface area contributed by atoms with Crippen LogP contribution < -0.4 is 0 Å². The zero-order valence-corrected chi connectivity index (χ0v) is 10.0. The summed E-state index contributed by atoms with van der Waals surface area (Å²) < 4.78 is 0. The first kappa shape index (κ1) is 11.2. The summed E-state index contributed by atoms with van der Waals surface area (Å²) >= 11 is 0. The third-order valence-electron chi connectivity index (χ3n) is 3.86. The first-order valence-corrected chi connectivity index (χ1v) is 5.80. The molecule has 2 atom stereocenters. The van der Waals surface area contributed by atoms with Crippen LogP contribution in [0.5, 0.6) is 0 Å². The molecular weight excluding hydrogens is 200 g/mol. The van der Waals surface area contributed by atoms with E-state index in [1.54, 1.807) is 0 Å². The highest BCUT2D eigenvalue weighted by Crippen LogP contribution is 2.64. The van der Waals surface area contributed by atoms with Gasteiger partial charge in [-0.1, -0.05) is 45.0 Å². The molecule has 86 valence electrons. The van der Waals surface area contributed by atoms with E-state index in [0.29, 0.717) is 0 Å². The number of rotatable bonds is 3. The molecule has 2 rings (SSSR count). The van der Waals surface area contributed by atoms with Crippen LogP contribution in [0.1, 0.15) is 37.8 Å². The Labute approximate surface area is 96.3 Å². The zero-order chi connectivity index (χ0) is 11.9. The molecule has 2 nitrogen and oxygen atoms in total. The molecule has 1 aliphatic rings. The van der Waals surface area contributed by atoms with E-state index in [0.717, 1.165) is 6.42 Å². The highest BCUT2D eigenvalue weighted by molar-refractivity contribution is 5.77. The van der Waals surface area contributed by atoms with Gasteiger partial charge in [-0.05, 0) is 23.0 Å². The minimum absolute atomic E-state index is 0.100. The predicted octanol–water partition coefficient (Wildman–Crippen LogP) is 3.07. The van der Waals surface area contributed by atoms with Crippen LogP contribution in [0.4, 0.5) is 0 Å². The molecule has 0 radical (unpaired) electrons. The van der Waals surface area contributed by atoms with Crippen LogP contribution in [-0.4, -0.2) is 11.1 Å². The Balaban J connectivity index is 2.37. The Morgan fingerprint density at radius 1 is 1.38 bits per heavy atom. The van der Waals surface area contributed by atoms with Crippen LogP contribution in [0.25, 0.3) is 0 Å². The highest BCUT2D eigenvalue weighted by atomic mass is 16.4. The standard InChI is InChI=1S/C14H18O2/c1-4-9-7-5-6-8-10(9)11-12(13(15)16)14(11,2)3/h5-8,11-12H,4H2,1-3H3,(H,15,16). The number of benzene rings is 1. The topological polar surface area (TPSA) is 37.3 Å². The van der Waals surface area contributed by atoms with Gasteiger partial charge in [0.15, 0.2) is 0 Å². The van der Waals surface area contributed by atoms with Gasteiger partial charge in [0.2, 0.25) is 0 Å². The second-order valence-electron chi connectivity index (χ2n) is 5.17. The lowest BCUT2D eigenvalue weighted by molar-refractivity contribution is -0.139. The van der Waals surface area contributed by atoms with Gasteiger partial charge in [-0.2, -0.15) is 0 Å². The Bertz CT molecular complexity index is 420.